The zero-order valence-corrected chi connectivity index (χ0v) is 16.2. The number of carbonyl (C=O) groups excluding carboxylic acids is 1. The van der Waals surface area contributed by atoms with Crippen LogP contribution < -0.4 is 10.0 Å². The summed E-state index contributed by atoms with van der Waals surface area (Å²) in [5.74, 6) is -0.631. The largest absolute Gasteiger partial charge is 0.438 e. The average Bonchev–Trinajstić information content (AvgIpc) is 3.14. The van der Waals surface area contributed by atoms with E-state index in [9.17, 15) is 13.2 Å². The van der Waals surface area contributed by atoms with E-state index in [0.29, 0.717) is 10.7 Å². The van der Waals surface area contributed by atoms with Crippen molar-refractivity contribution in [2.45, 2.75) is 12.0 Å². The highest BCUT2D eigenvalue weighted by Crippen LogP contribution is 2.27. The summed E-state index contributed by atoms with van der Waals surface area (Å²) in [4.78, 5) is 12.4. The fraction of sp³-hybridized carbons (Fsp3) is 0.105. The second-order valence-electron chi connectivity index (χ2n) is 5.82. The lowest BCUT2D eigenvalue weighted by atomic mass is 10.0. The molecule has 1 amide bonds. The quantitative estimate of drug-likeness (QED) is 0.670. The van der Waals surface area contributed by atoms with Crippen LogP contribution in [-0.2, 0) is 10.0 Å². The number of benzene rings is 2. The van der Waals surface area contributed by atoms with Gasteiger partial charge in [-0.25, -0.2) is 13.1 Å². The second-order valence-corrected chi connectivity index (χ2v) is 8.07. The highest BCUT2D eigenvalue weighted by atomic mass is 35.5. The van der Waals surface area contributed by atoms with Crippen LogP contribution in [0.3, 0.4) is 0 Å². The number of furan rings is 1. The van der Waals surface area contributed by atoms with Crippen LogP contribution in [0.1, 0.15) is 16.1 Å². The van der Waals surface area contributed by atoms with Crippen LogP contribution in [0.15, 0.2) is 64.1 Å². The van der Waals surface area contributed by atoms with Crippen LogP contribution in [0, 0.1) is 6.92 Å². The molecule has 1 aromatic heterocycles. The number of rotatable bonds is 5. The van der Waals surface area contributed by atoms with Gasteiger partial charge < -0.3 is 9.73 Å². The van der Waals surface area contributed by atoms with Crippen LogP contribution in [0.4, 0.5) is 5.69 Å². The van der Waals surface area contributed by atoms with E-state index in [1.165, 1.54) is 19.2 Å². The van der Waals surface area contributed by atoms with Gasteiger partial charge in [-0.05, 0) is 67.1 Å². The van der Waals surface area contributed by atoms with Gasteiger partial charge in [0.05, 0.1) is 0 Å². The molecule has 0 spiro atoms. The van der Waals surface area contributed by atoms with Crippen molar-refractivity contribution in [1.29, 1.82) is 0 Å². The van der Waals surface area contributed by atoms with Gasteiger partial charge in [0.2, 0.25) is 5.09 Å². The van der Waals surface area contributed by atoms with E-state index in [4.69, 9.17) is 16.0 Å². The SMILES string of the molecule is CNS(=O)(=O)c1ccc(C(=O)Nc2ccc(-c3cccc(Cl)c3)cc2C)o1. The molecule has 2 aromatic carbocycles. The van der Waals surface area contributed by atoms with E-state index in [0.717, 1.165) is 16.7 Å². The number of sulfonamides is 1. The van der Waals surface area contributed by atoms with Crippen LogP contribution in [0.25, 0.3) is 11.1 Å². The molecule has 0 unspecified atom stereocenters. The van der Waals surface area contributed by atoms with Crippen molar-refractivity contribution in [3.05, 3.63) is 70.9 Å². The summed E-state index contributed by atoms with van der Waals surface area (Å²) in [5, 5.41) is 3.05. The molecule has 0 radical (unpaired) electrons. The normalized spacial score (nSPS) is 11.4. The molecule has 8 heteroatoms. The zero-order valence-electron chi connectivity index (χ0n) is 14.6. The fourth-order valence-corrected chi connectivity index (χ4v) is 3.36. The molecular weight excluding hydrogens is 388 g/mol. The van der Waals surface area contributed by atoms with E-state index in [-0.39, 0.29) is 10.9 Å². The Bertz CT molecular complexity index is 1110. The summed E-state index contributed by atoms with van der Waals surface area (Å²) in [6.07, 6.45) is 0. The van der Waals surface area contributed by atoms with Crippen LogP contribution in [0.2, 0.25) is 5.02 Å². The molecule has 1 heterocycles. The van der Waals surface area contributed by atoms with Gasteiger partial charge in [-0.3, -0.25) is 4.79 Å². The van der Waals surface area contributed by atoms with E-state index in [2.05, 4.69) is 10.0 Å². The van der Waals surface area contributed by atoms with Gasteiger partial charge in [-0.1, -0.05) is 29.8 Å². The first-order valence-electron chi connectivity index (χ1n) is 8.01. The molecule has 140 valence electrons. The van der Waals surface area contributed by atoms with Gasteiger partial charge >= 0.3 is 0 Å². The molecule has 2 N–H and O–H groups in total. The monoisotopic (exact) mass is 404 g/mol. The molecule has 0 bridgehead atoms. The molecule has 0 fully saturated rings. The number of amides is 1. The van der Waals surface area contributed by atoms with Crippen LogP contribution >= 0.6 is 11.6 Å². The summed E-state index contributed by atoms with van der Waals surface area (Å²) in [5.41, 5.74) is 3.38. The lowest BCUT2D eigenvalue weighted by Crippen LogP contribution is -2.18. The van der Waals surface area contributed by atoms with Crippen molar-refractivity contribution >= 4 is 33.2 Å². The lowest BCUT2D eigenvalue weighted by molar-refractivity contribution is 0.0991. The van der Waals surface area contributed by atoms with E-state index in [1.807, 2.05) is 37.3 Å². The first-order valence-corrected chi connectivity index (χ1v) is 9.87. The van der Waals surface area contributed by atoms with Crippen molar-refractivity contribution < 1.29 is 17.6 Å². The van der Waals surface area contributed by atoms with Gasteiger partial charge in [0.1, 0.15) is 0 Å². The second kappa shape index (κ2) is 7.56. The molecular formula is C19H17ClN2O4S. The Hall–Kier alpha value is -2.61. The molecule has 0 saturated carbocycles. The molecule has 27 heavy (non-hydrogen) atoms. The topological polar surface area (TPSA) is 88.4 Å². The Kier molecular flexibility index (Phi) is 5.36. The van der Waals surface area contributed by atoms with Gasteiger partial charge in [0.25, 0.3) is 15.9 Å². The summed E-state index contributed by atoms with van der Waals surface area (Å²) >= 11 is 6.03. The van der Waals surface area contributed by atoms with Crippen molar-refractivity contribution in [3.63, 3.8) is 0 Å². The highest BCUT2D eigenvalue weighted by molar-refractivity contribution is 7.89. The van der Waals surface area contributed by atoms with E-state index >= 15 is 0 Å². The van der Waals surface area contributed by atoms with E-state index < -0.39 is 15.9 Å². The third kappa shape index (κ3) is 4.21. The van der Waals surface area contributed by atoms with Crippen molar-refractivity contribution in [2.24, 2.45) is 0 Å². The predicted octanol–water partition coefficient (Wildman–Crippen LogP) is 4.07. The number of hydrogen-bond acceptors (Lipinski definition) is 4. The van der Waals surface area contributed by atoms with E-state index in [1.54, 1.807) is 12.1 Å². The summed E-state index contributed by atoms with van der Waals surface area (Å²) < 4.78 is 30.7. The van der Waals surface area contributed by atoms with Gasteiger partial charge in [0, 0.05) is 10.7 Å². The Balaban J connectivity index is 1.81. The summed E-state index contributed by atoms with van der Waals surface area (Å²) in [6, 6.07) is 15.6. The maximum atomic E-state index is 12.4. The third-order valence-electron chi connectivity index (χ3n) is 3.97. The smallest absolute Gasteiger partial charge is 0.291 e. The maximum Gasteiger partial charge on any atom is 0.291 e. The Morgan fingerprint density at radius 3 is 2.44 bits per heavy atom. The molecule has 3 aromatic rings. The first kappa shape index (κ1) is 19.2. The number of nitrogens with one attached hydrogen (secondary N) is 2. The standard InChI is InChI=1S/C19H17ClN2O4S/c1-12-10-14(13-4-3-5-15(20)11-13)6-7-16(12)22-19(23)17-8-9-18(26-17)27(24,25)21-2/h3-11,21H,1-2H3,(H,22,23). The average molecular weight is 405 g/mol. The molecule has 0 aliphatic heterocycles. The van der Waals surface area contributed by atoms with Crippen molar-refractivity contribution in [3.8, 4) is 11.1 Å². The van der Waals surface area contributed by atoms with Crippen molar-refractivity contribution in [1.82, 2.24) is 4.72 Å². The van der Waals surface area contributed by atoms with Crippen LogP contribution in [-0.4, -0.2) is 21.4 Å². The Morgan fingerprint density at radius 2 is 1.78 bits per heavy atom. The minimum atomic E-state index is -3.74. The first-order chi connectivity index (χ1) is 12.8. The minimum absolute atomic E-state index is 0.0952. The van der Waals surface area contributed by atoms with Gasteiger partial charge in [-0.15, -0.1) is 0 Å². The zero-order chi connectivity index (χ0) is 19.6. The summed E-state index contributed by atoms with van der Waals surface area (Å²) in [6.45, 7) is 1.86. The molecule has 0 aliphatic carbocycles. The molecule has 0 saturated heterocycles. The van der Waals surface area contributed by atoms with Crippen molar-refractivity contribution in [2.75, 3.05) is 12.4 Å². The van der Waals surface area contributed by atoms with Gasteiger partial charge in [0.15, 0.2) is 5.76 Å². The number of hydrogen-bond donors (Lipinski definition) is 2. The van der Waals surface area contributed by atoms with Gasteiger partial charge in [-0.2, -0.15) is 0 Å². The third-order valence-corrected chi connectivity index (χ3v) is 5.49. The molecule has 0 aliphatic rings. The molecule has 6 nitrogen and oxygen atoms in total. The Labute approximate surface area is 162 Å². The maximum absolute atomic E-state index is 12.4. The predicted molar refractivity (Wildman–Crippen MR) is 105 cm³/mol. The lowest BCUT2D eigenvalue weighted by Gasteiger charge is -2.10. The Morgan fingerprint density at radius 1 is 1.04 bits per heavy atom. The summed E-state index contributed by atoms with van der Waals surface area (Å²) in [7, 11) is -2.47. The number of aryl methyl sites for hydroxylation is 1. The number of anilines is 1. The number of carbonyl (C=O) groups is 1. The minimum Gasteiger partial charge on any atom is -0.438 e. The number of halogens is 1. The highest BCUT2D eigenvalue weighted by Gasteiger charge is 2.20. The molecule has 0 atom stereocenters. The van der Waals surface area contributed by atoms with Crippen LogP contribution in [0.5, 0.6) is 0 Å². The fourth-order valence-electron chi connectivity index (χ4n) is 2.52. The molecule has 3 rings (SSSR count).